The first-order chi connectivity index (χ1) is 13.2. The Morgan fingerprint density at radius 1 is 1.00 bits per heavy atom. The molecule has 0 radical (unpaired) electrons. The molecule has 0 spiro atoms. The van der Waals surface area contributed by atoms with E-state index in [4.69, 9.17) is 4.74 Å². The average molecular weight is 423 g/mol. The lowest BCUT2D eigenvalue weighted by atomic mass is 10.1. The van der Waals surface area contributed by atoms with E-state index in [1.54, 1.807) is 6.07 Å². The third-order valence-electron chi connectivity index (χ3n) is 4.48. The first-order valence-corrected chi connectivity index (χ1v) is 10.2. The summed E-state index contributed by atoms with van der Waals surface area (Å²) in [6.07, 6.45) is 3.92. The van der Waals surface area contributed by atoms with Crippen LogP contribution < -0.4 is 10.2 Å². The molecule has 3 N–H and O–H groups in total. The molecule has 7 heteroatoms. The highest BCUT2D eigenvalue weighted by Crippen LogP contribution is 2.27. The number of aromatic nitrogens is 1. The summed E-state index contributed by atoms with van der Waals surface area (Å²) < 4.78 is 6.55. The van der Waals surface area contributed by atoms with Crippen molar-refractivity contribution in [3.05, 3.63) is 63.3 Å². The number of ether oxygens (including phenoxy) is 1. The van der Waals surface area contributed by atoms with E-state index in [9.17, 15) is 9.90 Å². The van der Waals surface area contributed by atoms with Crippen LogP contribution in [0.15, 0.2) is 47.3 Å². The Labute approximate surface area is 175 Å². The molecule has 0 unspecified atom stereocenters. The second kappa shape index (κ2) is 11.9. The summed E-state index contributed by atoms with van der Waals surface area (Å²) in [7, 11) is 0. The van der Waals surface area contributed by atoms with Crippen LogP contribution >= 0.6 is 23.7 Å². The predicted octanol–water partition coefficient (Wildman–Crippen LogP) is 3.89. The highest BCUT2D eigenvalue weighted by atomic mass is 35.5. The Kier molecular flexibility index (Phi) is 9.50. The topological polar surface area (TPSA) is 74.4 Å². The van der Waals surface area contributed by atoms with E-state index in [1.165, 1.54) is 5.56 Å². The van der Waals surface area contributed by atoms with Gasteiger partial charge < -0.3 is 20.1 Å². The molecule has 0 aliphatic rings. The number of thiazole rings is 1. The minimum Gasteiger partial charge on any atom is -0.506 e. The van der Waals surface area contributed by atoms with Gasteiger partial charge in [-0.3, -0.25) is 4.79 Å². The van der Waals surface area contributed by atoms with Gasteiger partial charge in [-0.15, -0.1) is 12.4 Å². The van der Waals surface area contributed by atoms with Crippen LogP contribution in [0.4, 0.5) is 0 Å². The van der Waals surface area contributed by atoms with Crippen LogP contribution in [0.3, 0.4) is 0 Å². The monoisotopic (exact) mass is 422 g/mol. The number of benzene rings is 2. The number of hydrogen-bond donors (Lipinski definition) is 3. The number of rotatable bonds is 11. The summed E-state index contributed by atoms with van der Waals surface area (Å²) >= 11 is 1.16. The lowest BCUT2D eigenvalue weighted by molar-refractivity contribution is 0.133. The zero-order chi connectivity index (χ0) is 18.9. The van der Waals surface area contributed by atoms with Crippen LogP contribution in [0.2, 0.25) is 0 Å². The van der Waals surface area contributed by atoms with Crippen molar-refractivity contribution in [3.8, 4) is 5.75 Å². The van der Waals surface area contributed by atoms with Gasteiger partial charge in [0.05, 0.1) is 11.3 Å². The fourth-order valence-corrected chi connectivity index (χ4v) is 3.91. The number of unbranched alkanes of at least 4 members (excludes halogenated alkanes) is 1. The lowest BCUT2D eigenvalue weighted by Gasteiger charge is -2.07. The minimum absolute atomic E-state index is 0. The number of aromatic hydroxyl groups is 1. The summed E-state index contributed by atoms with van der Waals surface area (Å²) in [6, 6.07) is 13.9. The van der Waals surface area contributed by atoms with Crippen molar-refractivity contribution in [3.63, 3.8) is 0 Å². The fraction of sp³-hybridized carbons (Fsp3) is 0.381. The van der Waals surface area contributed by atoms with Gasteiger partial charge in [-0.2, -0.15) is 0 Å². The van der Waals surface area contributed by atoms with E-state index < -0.39 is 0 Å². The van der Waals surface area contributed by atoms with Gasteiger partial charge in [-0.1, -0.05) is 47.7 Å². The van der Waals surface area contributed by atoms with Crippen LogP contribution in [0.5, 0.6) is 5.75 Å². The van der Waals surface area contributed by atoms with Crippen molar-refractivity contribution in [1.29, 1.82) is 0 Å². The van der Waals surface area contributed by atoms with Crippen molar-refractivity contribution in [2.24, 2.45) is 0 Å². The molecule has 2 aromatic carbocycles. The number of phenols is 1. The second-order valence-corrected chi connectivity index (χ2v) is 7.50. The summed E-state index contributed by atoms with van der Waals surface area (Å²) in [4.78, 5) is 14.1. The van der Waals surface area contributed by atoms with E-state index in [-0.39, 0.29) is 23.0 Å². The number of halogens is 1. The molecule has 0 saturated carbocycles. The molecule has 0 atom stereocenters. The molecular weight excluding hydrogens is 396 g/mol. The molecule has 0 aliphatic heterocycles. The summed E-state index contributed by atoms with van der Waals surface area (Å²) in [5.74, 6) is 0.132. The van der Waals surface area contributed by atoms with Crippen LogP contribution in [0, 0.1) is 0 Å². The number of phenolic OH excluding ortho intramolecular Hbond substituents is 1. The van der Waals surface area contributed by atoms with Gasteiger partial charge in [-0.25, -0.2) is 0 Å². The highest BCUT2D eigenvalue weighted by molar-refractivity contribution is 7.16. The van der Waals surface area contributed by atoms with Gasteiger partial charge in [0, 0.05) is 6.61 Å². The Morgan fingerprint density at radius 2 is 1.82 bits per heavy atom. The van der Waals surface area contributed by atoms with E-state index in [1.807, 2.05) is 12.1 Å². The van der Waals surface area contributed by atoms with Crippen molar-refractivity contribution < 1.29 is 9.84 Å². The standard InChI is InChI=1S/C21H26N2O3S.ClH/c24-18-9-8-17(20-19(18)23-21(25)27-20)10-13-22-12-4-5-14-26-15-11-16-6-2-1-3-7-16;/h1-3,6-9,22,24H,4-5,10-15H2,(H,23,25);1H. The first kappa shape index (κ1) is 22.4. The molecule has 1 heterocycles. The van der Waals surface area contributed by atoms with Crippen molar-refractivity contribution in [1.82, 2.24) is 10.3 Å². The minimum atomic E-state index is -0.132. The molecule has 0 aliphatic carbocycles. The highest BCUT2D eigenvalue weighted by Gasteiger charge is 2.09. The molecule has 152 valence electrons. The second-order valence-electron chi connectivity index (χ2n) is 6.52. The first-order valence-electron chi connectivity index (χ1n) is 9.40. The molecule has 0 bridgehead atoms. The third-order valence-corrected chi connectivity index (χ3v) is 5.44. The van der Waals surface area contributed by atoms with E-state index in [0.29, 0.717) is 5.52 Å². The number of hydrogen-bond acceptors (Lipinski definition) is 5. The number of nitrogens with one attached hydrogen (secondary N) is 2. The molecule has 1 aromatic heterocycles. The van der Waals surface area contributed by atoms with Gasteiger partial charge in [0.1, 0.15) is 11.3 Å². The Bertz CT molecular complexity index is 896. The molecule has 3 aromatic rings. The lowest BCUT2D eigenvalue weighted by Crippen LogP contribution is -2.19. The zero-order valence-corrected chi connectivity index (χ0v) is 17.4. The quantitative estimate of drug-likeness (QED) is 0.410. The summed E-state index contributed by atoms with van der Waals surface area (Å²) in [5, 5.41) is 13.2. The van der Waals surface area contributed by atoms with Gasteiger partial charge in [-0.05, 0) is 56.0 Å². The van der Waals surface area contributed by atoms with Gasteiger partial charge in [0.25, 0.3) is 0 Å². The number of fused-ring (bicyclic) bond motifs is 1. The van der Waals surface area contributed by atoms with Crippen LogP contribution in [-0.4, -0.2) is 36.4 Å². The van der Waals surface area contributed by atoms with E-state index in [0.717, 1.165) is 73.6 Å². The molecule has 3 rings (SSSR count). The molecule has 5 nitrogen and oxygen atoms in total. The summed E-state index contributed by atoms with van der Waals surface area (Å²) in [6.45, 7) is 3.37. The molecule has 28 heavy (non-hydrogen) atoms. The Balaban J connectivity index is 0.00000280. The Hall–Kier alpha value is -1.86. The van der Waals surface area contributed by atoms with Crippen molar-refractivity contribution >= 4 is 34.0 Å². The van der Waals surface area contributed by atoms with Crippen LogP contribution in [-0.2, 0) is 17.6 Å². The van der Waals surface area contributed by atoms with Crippen LogP contribution in [0.25, 0.3) is 10.2 Å². The number of aromatic amines is 1. The summed E-state index contributed by atoms with van der Waals surface area (Å²) in [5.41, 5.74) is 2.95. The number of H-pyrrole nitrogens is 1. The fourth-order valence-electron chi connectivity index (χ4n) is 3.01. The van der Waals surface area contributed by atoms with Crippen molar-refractivity contribution in [2.75, 3.05) is 26.3 Å². The third kappa shape index (κ3) is 6.63. The molecule has 0 amide bonds. The maximum atomic E-state index is 11.5. The van der Waals surface area contributed by atoms with E-state index >= 15 is 0 Å². The smallest absolute Gasteiger partial charge is 0.305 e. The molecule has 0 fully saturated rings. The zero-order valence-electron chi connectivity index (χ0n) is 15.8. The normalized spacial score (nSPS) is 10.9. The predicted molar refractivity (Wildman–Crippen MR) is 118 cm³/mol. The van der Waals surface area contributed by atoms with Gasteiger partial charge in [0.2, 0.25) is 0 Å². The maximum Gasteiger partial charge on any atom is 0.305 e. The van der Waals surface area contributed by atoms with E-state index in [2.05, 4.69) is 34.6 Å². The van der Waals surface area contributed by atoms with Gasteiger partial charge >= 0.3 is 4.87 Å². The van der Waals surface area contributed by atoms with Gasteiger partial charge in [0.15, 0.2) is 0 Å². The largest absolute Gasteiger partial charge is 0.506 e. The SMILES string of the molecule is Cl.O=c1[nH]c2c(O)ccc(CCNCCCCOCCc3ccccc3)c2s1. The average Bonchev–Trinajstić information content (AvgIpc) is 3.08. The van der Waals surface area contributed by atoms with Crippen LogP contribution in [0.1, 0.15) is 24.0 Å². The molecular formula is C21H27ClN2O3S. The molecule has 0 saturated heterocycles. The maximum absolute atomic E-state index is 11.5. The van der Waals surface area contributed by atoms with Crippen molar-refractivity contribution in [2.45, 2.75) is 25.7 Å². The Morgan fingerprint density at radius 3 is 2.64 bits per heavy atom.